The van der Waals surface area contributed by atoms with Crippen LogP contribution in [0.1, 0.15) is 42.0 Å². The van der Waals surface area contributed by atoms with Gasteiger partial charge in [0.15, 0.2) is 0 Å². The van der Waals surface area contributed by atoms with Gasteiger partial charge in [0.2, 0.25) is 0 Å². The van der Waals surface area contributed by atoms with E-state index < -0.39 is 0 Å². The number of halogens is 1. The van der Waals surface area contributed by atoms with Crippen molar-refractivity contribution < 1.29 is 9.53 Å². The zero-order valence-electron chi connectivity index (χ0n) is 19.9. The van der Waals surface area contributed by atoms with E-state index in [2.05, 4.69) is 5.32 Å². The number of aromatic nitrogens is 1. The molecule has 10 heteroatoms. The van der Waals surface area contributed by atoms with Crippen LogP contribution in [-0.4, -0.2) is 40.0 Å². The first-order valence-corrected chi connectivity index (χ1v) is 12.8. The zero-order chi connectivity index (χ0) is 25.5. The Hall–Kier alpha value is -2.64. The average molecular weight is 531 g/mol. The van der Waals surface area contributed by atoms with Gasteiger partial charge in [-0.25, -0.2) is 0 Å². The number of nitrogens with zero attached hydrogens (tertiary/aromatic N) is 3. The largest absolute Gasteiger partial charge is 0.385 e. The van der Waals surface area contributed by atoms with Crippen LogP contribution in [-0.2, 0) is 22.6 Å². The molecule has 0 radical (unpaired) electrons. The molecule has 1 aliphatic heterocycles. The number of nitriles is 1. The van der Waals surface area contributed by atoms with Gasteiger partial charge < -0.3 is 10.1 Å². The molecule has 3 rings (SSSR count). The van der Waals surface area contributed by atoms with Crippen molar-refractivity contribution in [3.8, 4) is 6.07 Å². The van der Waals surface area contributed by atoms with E-state index >= 15 is 0 Å². The van der Waals surface area contributed by atoms with Crippen LogP contribution < -0.4 is 10.9 Å². The minimum absolute atomic E-state index is 0.0589. The highest BCUT2D eigenvalue weighted by molar-refractivity contribution is 8.26. The molecule has 1 aromatic heterocycles. The van der Waals surface area contributed by atoms with Gasteiger partial charge in [0.05, 0.1) is 4.91 Å². The number of thioether (sulfide) groups is 1. The lowest BCUT2D eigenvalue weighted by atomic mass is 10.0. The van der Waals surface area contributed by atoms with Gasteiger partial charge in [0.25, 0.3) is 11.5 Å². The molecule has 1 aromatic carbocycles. The van der Waals surface area contributed by atoms with Crippen molar-refractivity contribution >= 4 is 57.7 Å². The predicted molar refractivity (Wildman–Crippen MR) is 146 cm³/mol. The number of methoxy groups -OCH3 is 1. The lowest BCUT2D eigenvalue weighted by molar-refractivity contribution is -0.122. The minimum atomic E-state index is -0.363. The highest BCUT2D eigenvalue weighted by atomic mass is 35.5. The number of nitrogens with one attached hydrogen (secondary N) is 1. The lowest BCUT2D eigenvalue weighted by Crippen LogP contribution is -2.30. The summed E-state index contributed by atoms with van der Waals surface area (Å²) in [7, 11) is 1.61. The Morgan fingerprint density at radius 1 is 1.29 bits per heavy atom. The summed E-state index contributed by atoms with van der Waals surface area (Å²) < 4.78 is 7.13. The summed E-state index contributed by atoms with van der Waals surface area (Å²) in [4.78, 5) is 28.3. The first-order chi connectivity index (χ1) is 16.8. The summed E-state index contributed by atoms with van der Waals surface area (Å²) in [5.74, 6) is 0.345. The van der Waals surface area contributed by atoms with Crippen LogP contribution in [0.15, 0.2) is 34.0 Å². The molecule has 0 unspecified atom stereocenters. The normalized spacial score (nSPS) is 14.6. The number of carbonyl (C=O) groups excluding carboxylic acids is 1. The molecule has 35 heavy (non-hydrogen) atoms. The van der Waals surface area contributed by atoms with Crippen molar-refractivity contribution in [3.05, 3.63) is 66.8 Å². The van der Waals surface area contributed by atoms with Gasteiger partial charge in [-0.2, -0.15) is 5.26 Å². The van der Waals surface area contributed by atoms with Crippen LogP contribution in [0.4, 0.5) is 5.82 Å². The van der Waals surface area contributed by atoms with Crippen molar-refractivity contribution in [2.24, 2.45) is 0 Å². The van der Waals surface area contributed by atoms with Crippen molar-refractivity contribution in [2.45, 2.75) is 39.8 Å². The highest BCUT2D eigenvalue weighted by Gasteiger charge is 2.32. The molecule has 7 nitrogen and oxygen atoms in total. The Bertz CT molecular complexity index is 1270. The van der Waals surface area contributed by atoms with Gasteiger partial charge in [-0.05, 0) is 43.0 Å². The van der Waals surface area contributed by atoms with Crippen LogP contribution in [0, 0.1) is 18.3 Å². The van der Waals surface area contributed by atoms with E-state index in [0.29, 0.717) is 70.3 Å². The molecule has 184 valence electrons. The van der Waals surface area contributed by atoms with Crippen LogP contribution in [0.5, 0.6) is 0 Å². The summed E-state index contributed by atoms with van der Waals surface area (Å²) >= 11 is 13.0. The summed E-state index contributed by atoms with van der Waals surface area (Å²) in [6.07, 6.45) is 3.09. The van der Waals surface area contributed by atoms with Crippen molar-refractivity contribution in [1.82, 2.24) is 9.47 Å². The van der Waals surface area contributed by atoms with Gasteiger partial charge in [0, 0.05) is 43.9 Å². The molecule has 2 aromatic rings. The average Bonchev–Trinajstić information content (AvgIpc) is 3.10. The van der Waals surface area contributed by atoms with Crippen molar-refractivity contribution in [2.75, 3.05) is 25.6 Å². The number of thiocarbonyl (C=S) groups is 1. The highest BCUT2D eigenvalue weighted by Crippen LogP contribution is 2.35. The molecule has 2 heterocycles. The van der Waals surface area contributed by atoms with Crippen molar-refractivity contribution in [1.29, 1.82) is 5.26 Å². The number of pyridine rings is 1. The first kappa shape index (κ1) is 27.0. The second-order valence-electron chi connectivity index (χ2n) is 7.96. The van der Waals surface area contributed by atoms with Gasteiger partial charge >= 0.3 is 0 Å². The summed E-state index contributed by atoms with van der Waals surface area (Å²) in [6, 6.07) is 9.50. The molecule has 0 spiro atoms. The molecule has 0 atom stereocenters. The maximum atomic E-state index is 13.2. The third-order valence-corrected chi connectivity index (χ3v) is 7.35. The van der Waals surface area contributed by atoms with E-state index in [4.69, 9.17) is 28.6 Å². The van der Waals surface area contributed by atoms with Crippen molar-refractivity contribution in [3.63, 3.8) is 0 Å². The maximum absolute atomic E-state index is 13.2. The molecule has 0 bridgehead atoms. The number of benzene rings is 1. The van der Waals surface area contributed by atoms with E-state index in [1.54, 1.807) is 35.6 Å². The van der Waals surface area contributed by atoms with E-state index in [1.165, 1.54) is 11.8 Å². The standard InChI is InChI=1S/C25H27ClN4O3S2/c1-4-10-29-22(28-15-17-8-5-6-9-20(17)26)18(16(2)19(14-27)23(29)31)13-21-24(32)30(25(34)35-21)11-7-12-33-3/h5-6,8-9,13,28H,4,7,10-12,15H2,1-3H3/b21-13+. The van der Waals surface area contributed by atoms with E-state index in [0.717, 1.165) is 5.56 Å². The maximum Gasteiger partial charge on any atom is 0.270 e. The molecule has 1 fully saturated rings. The fourth-order valence-corrected chi connectivity index (χ4v) is 5.29. The Morgan fingerprint density at radius 2 is 2.03 bits per heavy atom. The molecule has 1 saturated heterocycles. The molecule has 0 saturated carbocycles. The van der Waals surface area contributed by atoms with Gasteiger partial charge in [0.1, 0.15) is 21.8 Å². The third kappa shape index (κ3) is 5.96. The second-order valence-corrected chi connectivity index (χ2v) is 10.0. The van der Waals surface area contributed by atoms with Gasteiger partial charge in [-0.15, -0.1) is 0 Å². The number of hydrogen-bond donors (Lipinski definition) is 1. The van der Waals surface area contributed by atoms with Gasteiger partial charge in [-0.3, -0.25) is 19.1 Å². The Labute approximate surface area is 219 Å². The monoisotopic (exact) mass is 530 g/mol. The van der Waals surface area contributed by atoms with Gasteiger partial charge in [-0.1, -0.05) is 60.7 Å². The topological polar surface area (TPSA) is 87.4 Å². The Morgan fingerprint density at radius 3 is 2.69 bits per heavy atom. The lowest BCUT2D eigenvalue weighted by Gasteiger charge is -2.20. The molecule has 1 amide bonds. The van der Waals surface area contributed by atoms with E-state index in [-0.39, 0.29) is 17.0 Å². The zero-order valence-corrected chi connectivity index (χ0v) is 22.3. The number of carbonyl (C=O) groups is 1. The SMILES string of the molecule is CCCn1c(NCc2ccccc2Cl)c(/C=C2/SC(=S)N(CCCOC)C2=O)c(C)c(C#N)c1=O. The Balaban J connectivity index is 2.10. The predicted octanol–water partition coefficient (Wildman–Crippen LogP) is 4.94. The fourth-order valence-electron chi connectivity index (χ4n) is 3.80. The fraction of sp³-hybridized carbons (Fsp3) is 0.360. The smallest absolute Gasteiger partial charge is 0.270 e. The first-order valence-electron chi connectivity index (χ1n) is 11.2. The number of anilines is 1. The molecular weight excluding hydrogens is 504 g/mol. The van der Waals surface area contributed by atoms with Crippen LogP contribution >= 0.6 is 35.6 Å². The van der Waals surface area contributed by atoms with E-state index in [1.807, 2.05) is 31.2 Å². The van der Waals surface area contributed by atoms with Crippen LogP contribution in [0.2, 0.25) is 5.02 Å². The summed E-state index contributed by atoms with van der Waals surface area (Å²) in [5.41, 5.74) is 1.68. The second kappa shape index (κ2) is 12.4. The van der Waals surface area contributed by atoms with E-state index in [9.17, 15) is 14.9 Å². The molecule has 1 N–H and O–H groups in total. The number of amides is 1. The quantitative estimate of drug-likeness (QED) is 0.264. The number of rotatable bonds is 10. The van der Waals surface area contributed by atoms with Crippen LogP contribution in [0.3, 0.4) is 0 Å². The number of ether oxygens (including phenoxy) is 1. The molecule has 0 aliphatic carbocycles. The Kier molecular flexibility index (Phi) is 9.52. The van der Waals surface area contributed by atoms with Crippen LogP contribution in [0.25, 0.3) is 6.08 Å². The molecular formula is C25H27ClN4O3S2. The molecule has 1 aliphatic rings. The summed E-state index contributed by atoms with van der Waals surface area (Å²) in [5, 5.41) is 13.7. The summed E-state index contributed by atoms with van der Waals surface area (Å²) in [6.45, 7) is 5.46. The minimum Gasteiger partial charge on any atom is -0.385 e. The third-order valence-electron chi connectivity index (χ3n) is 5.61. The number of hydrogen-bond acceptors (Lipinski definition) is 7.